The summed E-state index contributed by atoms with van der Waals surface area (Å²) < 4.78 is 8.50. The van der Waals surface area contributed by atoms with E-state index in [-0.39, 0.29) is 12.1 Å². The van der Waals surface area contributed by atoms with Crippen LogP contribution in [0.5, 0.6) is 5.75 Å². The van der Waals surface area contributed by atoms with Gasteiger partial charge in [0.1, 0.15) is 11.4 Å². The molecule has 13 nitrogen and oxygen atoms in total. The number of carbonyl (C=O) groups is 1. The van der Waals surface area contributed by atoms with Crippen molar-refractivity contribution in [1.29, 1.82) is 0 Å². The van der Waals surface area contributed by atoms with Gasteiger partial charge in [-0.2, -0.15) is 5.10 Å². The van der Waals surface area contributed by atoms with Crippen molar-refractivity contribution in [3.8, 4) is 23.0 Å². The summed E-state index contributed by atoms with van der Waals surface area (Å²) in [5.41, 5.74) is 0.275. The number of hydrogen-bond acceptors (Lipinski definition) is 10. The highest BCUT2D eigenvalue weighted by Gasteiger charge is 2.47. The van der Waals surface area contributed by atoms with E-state index in [2.05, 4.69) is 35.7 Å². The maximum atomic E-state index is 12.4. The highest BCUT2D eigenvalue weighted by Crippen LogP contribution is 2.32. The van der Waals surface area contributed by atoms with Gasteiger partial charge in [-0.3, -0.25) is 9.48 Å². The molecular formula is C21H22N10O3. The van der Waals surface area contributed by atoms with Gasteiger partial charge < -0.3 is 20.1 Å². The van der Waals surface area contributed by atoms with Gasteiger partial charge in [0.15, 0.2) is 11.4 Å². The second-order valence-corrected chi connectivity index (χ2v) is 7.93. The minimum atomic E-state index is -1.70. The Kier molecular flexibility index (Phi) is 5.17. The van der Waals surface area contributed by atoms with Crippen LogP contribution in [0.25, 0.3) is 17.2 Å². The van der Waals surface area contributed by atoms with Crippen molar-refractivity contribution in [2.75, 3.05) is 26.0 Å². The van der Waals surface area contributed by atoms with E-state index in [4.69, 9.17) is 4.74 Å². The molecule has 0 radical (unpaired) electrons. The van der Waals surface area contributed by atoms with E-state index in [0.29, 0.717) is 35.4 Å². The van der Waals surface area contributed by atoms with Gasteiger partial charge in [-0.05, 0) is 6.07 Å². The molecule has 2 N–H and O–H groups in total. The number of aromatic nitrogens is 8. The zero-order valence-electron chi connectivity index (χ0n) is 18.7. The van der Waals surface area contributed by atoms with Gasteiger partial charge in [0.2, 0.25) is 5.95 Å². The molecule has 0 bridgehead atoms. The Labute approximate surface area is 194 Å². The van der Waals surface area contributed by atoms with E-state index in [0.717, 1.165) is 5.69 Å². The third-order valence-corrected chi connectivity index (χ3v) is 5.56. The monoisotopic (exact) mass is 462 g/mol. The molecule has 1 aliphatic heterocycles. The number of nitrogens with one attached hydrogen (secondary N) is 1. The molecule has 0 saturated carbocycles. The first-order valence-corrected chi connectivity index (χ1v) is 10.4. The van der Waals surface area contributed by atoms with E-state index >= 15 is 0 Å². The Morgan fingerprint density at radius 1 is 1.18 bits per heavy atom. The minimum Gasteiger partial charge on any atom is -0.497 e. The van der Waals surface area contributed by atoms with E-state index < -0.39 is 11.5 Å². The lowest BCUT2D eigenvalue weighted by Crippen LogP contribution is -2.36. The topological polar surface area (TPSA) is 149 Å². The first-order chi connectivity index (χ1) is 16.4. The highest BCUT2D eigenvalue weighted by molar-refractivity contribution is 5.87. The molecule has 174 valence electrons. The van der Waals surface area contributed by atoms with E-state index in [1.165, 1.54) is 15.8 Å². The smallest absolute Gasteiger partial charge is 0.260 e. The number of likely N-dealkylation sites (N-methyl/N-ethyl adjacent to an activating group) is 1. The van der Waals surface area contributed by atoms with E-state index in [1.54, 1.807) is 55.6 Å². The largest absolute Gasteiger partial charge is 0.497 e. The second kappa shape index (κ2) is 8.19. The van der Waals surface area contributed by atoms with E-state index in [1.807, 2.05) is 7.05 Å². The average Bonchev–Trinajstić information content (AvgIpc) is 3.56. The van der Waals surface area contributed by atoms with Crippen LogP contribution in [-0.4, -0.2) is 76.3 Å². The first kappa shape index (κ1) is 21.5. The third-order valence-electron chi connectivity index (χ3n) is 5.56. The van der Waals surface area contributed by atoms with Crippen LogP contribution >= 0.6 is 0 Å². The molecular weight excluding hydrogens is 440 g/mol. The Morgan fingerprint density at radius 3 is 2.74 bits per heavy atom. The summed E-state index contributed by atoms with van der Waals surface area (Å²) in [5, 5.41) is 26.2. The van der Waals surface area contributed by atoms with Crippen LogP contribution < -0.4 is 10.1 Å². The number of ether oxygens (including phenoxy) is 1. The summed E-state index contributed by atoms with van der Waals surface area (Å²) in [6.07, 6.45) is 6.83. The predicted molar refractivity (Wildman–Crippen MR) is 119 cm³/mol. The number of likely N-dealkylation sites (tertiary alicyclic amines) is 1. The minimum absolute atomic E-state index is 0.165. The Morgan fingerprint density at radius 2 is 2.03 bits per heavy atom. The fraction of sp³-hybridized carbons (Fsp3) is 0.286. The van der Waals surface area contributed by atoms with Crippen molar-refractivity contribution in [1.82, 2.24) is 44.6 Å². The van der Waals surface area contributed by atoms with Crippen LogP contribution in [0.4, 0.5) is 11.6 Å². The van der Waals surface area contributed by atoms with Crippen LogP contribution in [0.1, 0.15) is 12.1 Å². The number of rotatable bonds is 6. The number of carbonyl (C=O) groups excluding carboxylic acids is 1. The molecule has 1 aliphatic rings. The molecule has 5 rings (SSSR count). The molecule has 0 spiro atoms. The van der Waals surface area contributed by atoms with Gasteiger partial charge in [0.25, 0.3) is 5.91 Å². The van der Waals surface area contributed by atoms with Crippen LogP contribution in [0.15, 0.2) is 43.0 Å². The highest BCUT2D eigenvalue weighted by atomic mass is 16.5. The molecule has 0 aliphatic carbocycles. The molecule has 1 atom stereocenters. The van der Waals surface area contributed by atoms with Crippen LogP contribution in [0.3, 0.4) is 0 Å². The number of aliphatic hydroxyl groups is 1. The first-order valence-electron chi connectivity index (χ1n) is 10.4. The summed E-state index contributed by atoms with van der Waals surface area (Å²) in [5.74, 6) is 0.878. The van der Waals surface area contributed by atoms with Crippen molar-refractivity contribution < 1.29 is 14.6 Å². The molecule has 34 heavy (non-hydrogen) atoms. The maximum Gasteiger partial charge on any atom is 0.260 e. The van der Waals surface area contributed by atoms with Crippen LogP contribution in [-0.2, 0) is 17.4 Å². The number of methoxy groups -OCH3 is 1. The summed E-state index contributed by atoms with van der Waals surface area (Å²) in [6, 6.07) is 5.13. The van der Waals surface area contributed by atoms with Crippen molar-refractivity contribution in [3.05, 3.63) is 48.7 Å². The standard InChI is InChI=1S/C21H22N10O3/c1-29-7-5-21(33,19(29)32)17-12-31(28-27-17)18-9-14(34-3)8-16(25-18)15-4-6-22-20(26-15)24-13-10-23-30(2)11-13/h4,6,8-12,33H,5,7H2,1-3H3,(H,22,24,26)/t21-/m1/s1. The van der Waals surface area contributed by atoms with Crippen molar-refractivity contribution >= 4 is 17.5 Å². The summed E-state index contributed by atoms with van der Waals surface area (Å²) in [4.78, 5) is 27.3. The number of amides is 1. The molecule has 4 aromatic rings. The summed E-state index contributed by atoms with van der Waals surface area (Å²) in [7, 11) is 5.00. The van der Waals surface area contributed by atoms with E-state index in [9.17, 15) is 9.90 Å². The predicted octanol–water partition coefficient (Wildman–Crippen LogP) is 0.655. The van der Waals surface area contributed by atoms with Gasteiger partial charge in [-0.1, -0.05) is 5.21 Å². The third kappa shape index (κ3) is 3.81. The summed E-state index contributed by atoms with van der Waals surface area (Å²) in [6.45, 7) is 0.437. The van der Waals surface area contributed by atoms with Crippen LogP contribution in [0.2, 0.25) is 0 Å². The Balaban J connectivity index is 1.48. The lowest BCUT2D eigenvalue weighted by atomic mass is 9.99. The average molecular weight is 462 g/mol. The van der Waals surface area contributed by atoms with Crippen LogP contribution in [0, 0.1) is 0 Å². The quantitative estimate of drug-likeness (QED) is 0.418. The van der Waals surface area contributed by atoms with Gasteiger partial charge in [0, 0.05) is 51.6 Å². The normalized spacial score (nSPS) is 17.9. The molecule has 4 aromatic heterocycles. The maximum absolute atomic E-state index is 12.4. The molecule has 0 aromatic carbocycles. The molecule has 1 saturated heterocycles. The molecule has 1 fully saturated rings. The number of pyridine rings is 1. The Bertz CT molecular complexity index is 1370. The molecule has 5 heterocycles. The lowest BCUT2D eigenvalue weighted by molar-refractivity contribution is -0.143. The lowest BCUT2D eigenvalue weighted by Gasteiger charge is -2.17. The molecule has 13 heteroatoms. The summed E-state index contributed by atoms with van der Waals surface area (Å²) >= 11 is 0. The second-order valence-electron chi connectivity index (χ2n) is 7.93. The number of hydrogen-bond donors (Lipinski definition) is 2. The SMILES string of the molecule is COc1cc(-c2ccnc(Nc3cnn(C)c3)n2)nc(-n2cc([C@]3(O)CCN(C)C3=O)nn2)c1. The van der Waals surface area contributed by atoms with Gasteiger partial charge in [-0.25, -0.2) is 19.6 Å². The Hall–Kier alpha value is -4.39. The van der Waals surface area contributed by atoms with Gasteiger partial charge in [0.05, 0.1) is 36.6 Å². The zero-order valence-corrected chi connectivity index (χ0v) is 18.7. The van der Waals surface area contributed by atoms with Gasteiger partial charge >= 0.3 is 0 Å². The fourth-order valence-electron chi connectivity index (χ4n) is 3.69. The van der Waals surface area contributed by atoms with Gasteiger partial charge in [-0.15, -0.1) is 5.10 Å². The van der Waals surface area contributed by atoms with Crippen molar-refractivity contribution in [2.24, 2.45) is 7.05 Å². The van der Waals surface area contributed by atoms with Crippen molar-refractivity contribution in [3.63, 3.8) is 0 Å². The molecule has 1 amide bonds. The van der Waals surface area contributed by atoms with Crippen molar-refractivity contribution in [2.45, 2.75) is 12.0 Å². The zero-order chi connectivity index (χ0) is 23.9. The number of aryl methyl sites for hydroxylation is 1. The fourth-order valence-corrected chi connectivity index (χ4v) is 3.69. The number of nitrogens with zero attached hydrogens (tertiary/aromatic N) is 9. The number of anilines is 2. The molecule has 0 unspecified atom stereocenters.